The maximum atomic E-state index is 11.1. The largest absolute Gasteiger partial charge is 0.478 e. The molecule has 20 heavy (non-hydrogen) atoms. The molecule has 0 aliphatic carbocycles. The second-order valence-electron chi connectivity index (χ2n) is 4.39. The SMILES string of the molecule is O=C(O)c1cc(-c2ccc3ccccc3n2)ccc1Cl. The summed E-state index contributed by atoms with van der Waals surface area (Å²) in [7, 11) is 0. The lowest BCUT2D eigenvalue weighted by Gasteiger charge is -2.05. The number of nitrogens with zero attached hydrogens (tertiary/aromatic N) is 1. The van der Waals surface area contributed by atoms with Gasteiger partial charge in [0.2, 0.25) is 0 Å². The van der Waals surface area contributed by atoms with Crippen LogP contribution in [0.5, 0.6) is 0 Å². The highest BCUT2D eigenvalue weighted by atomic mass is 35.5. The van der Waals surface area contributed by atoms with Crippen LogP contribution in [-0.4, -0.2) is 16.1 Å². The summed E-state index contributed by atoms with van der Waals surface area (Å²) in [5.41, 5.74) is 2.41. The molecule has 98 valence electrons. The number of halogens is 1. The molecule has 0 bridgehead atoms. The Morgan fingerprint density at radius 3 is 2.65 bits per heavy atom. The van der Waals surface area contributed by atoms with Gasteiger partial charge in [-0.15, -0.1) is 0 Å². The minimum Gasteiger partial charge on any atom is -0.478 e. The highest BCUT2D eigenvalue weighted by Crippen LogP contribution is 2.25. The predicted octanol–water partition coefficient (Wildman–Crippen LogP) is 4.25. The topological polar surface area (TPSA) is 50.2 Å². The Kier molecular flexibility index (Phi) is 3.12. The molecule has 0 aliphatic rings. The molecule has 3 aromatic rings. The molecule has 0 fully saturated rings. The Morgan fingerprint density at radius 2 is 1.85 bits per heavy atom. The van der Waals surface area contributed by atoms with Crippen molar-refractivity contribution in [1.82, 2.24) is 4.98 Å². The molecule has 2 aromatic carbocycles. The maximum Gasteiger partial charge on any atom is 0.337 e. The fourth-order valence-electron chi connectivity index (χ4n) is 2.08. The highest BCUT2D eigenvalue weighted by molar-refractivity contribution is 6.33. The highest BCUT2D eigenvalue weighted by Gasteiger charge is 2.11. The standard InChI is InChI=1S/C16H10ClNO2/c17-13-7-5-11(9-12(13)16(19)20)15-8-6-10-3-1-2-4-14(10)18-15/h1-9H,(H,19,20). The van der Waals surface area contributed by atoms with Gasteiger partial charge in [0.1, 0.15) is 0 Å². The summed E-state index contributed by atoms with van der Waals surface area (Å²) in [6, 6.07) is 16.5. The Bertz CT molecular complexity index is 814. The average Bonchev–Trinajstić information content (AvgIpc) is 2.47. The van der Waals surface area contributed by atoms with Gasteiger partial charge < -0.3 is 5.11 Å². The number of para-hydroxylation sites is 1. The van der Waals surface area contributed by atoms with Crippen LogP contribution < -0.4 is 0 Å². The number of hydrogen-bond donors (Lipinski definition) is 1. The van der Waals surface area contributed by atoms with E-state index in [4.69, 9.17) is 16.7 Å². The number of carboxylic acids is 1. The van der Waals surface area contributed by atoms with Crippen LogP contribution >= 0.6 is 11.6 Å². The van der Waals surface area contributed by atoms with Crippen molar-refractivity contribution < 1.29 is 9.90 Å². The number of aromatic carboxylic acids is 1. The third-order valence-corrected chi connectivity index (χ3v) is 3.42. The lowest BCUT2D eigenvalue weighted by Crippen LogP contribution is -1.98. The molecule has 0 atom stereocenters. The van der Waals surface area contributed by atoms with Crippen LogP contribution in [0.3, 0.4) is 0 Å². The summed E-state index contributed by atoms with van der Waals surface area (Å²) in [4.78, 5) is 15.7. The normalized spacial score (nSPS) is 10.7. The molecule has 1 aromatic heterocycles. The number of benzene rings is 2. The van der Waals surface area contributed by atoms with E-state index in [2.05, 4.69) is 4.98 Å². The van der Waals surface area contributed by atoms with E-state index in [1.165, 1.54) is 0 Å². The van der Waals surface area contributed by atoms with Gasteiger partial charge in [0.05, 0.1) is 21.8 Å². The molecule has 4 heteroatoms. The van der Waals surface area contributed by atoms with Crippen molar-refractivity contribution in [2.75, 3.05) is 0 Å². The summed E-state index contributed by atoms with van der Waals surface area (Å²) in [5.74, 6) is -1.04. The number of pyridine rings is 1. The second-order valence-corrected chi connectivity index (χ2v) is 4.80. The first kappa shape index (κ1) is 12.6. The van der Waals surface area contributed by atoms with Crippen molar-refractivity contribution in [3.63, 3.8) is 0 Å². The maximum absolute atomic E-state index is 11.1. The van der Waals surface area contributed by atoms with Crippen LogP contribution in [0.1, 0.15) is 10.4 Å². The molecule has 3 nitrogen and oxygen atoms in total. The van der Waals surface area contributed by atoms with E-state index in [0.717, 1.165) is 22.2 Å². The van der Waals surface area contributed by atoms with Crippen LogP contribution in [0.25, 0.3) is 22.2 Å². The summed E-state index contributed by atoms with van der Waals surface area (Å²) in [6.07, 6.45) is 0. The first-order valence-electron chi connectivity index (χ1n) is 6.04. The van der Waals surface area contributed by atoms with Gasteiger partial charge in [-0.25, -0.2) is 9.78 Å². The van der Waals surface area contributed by atoms with Crippen molar-refractivity contribution >= 4 is 28.5 Å². The molecule has 0 saturated carbocycles. The number of carbonyl (C=O) groups is 1. The molecule has 0 spiro atoms. The Labute approximate surface area is 120 Å². The minimum absolute atomic E-state index is 0.0825. The van der Waals surface area contributed by atoms with Crippen molar-refractivity contribution in [3.05, 3.63) is 65.2 Å². The van der Waals surface area contributed by atoms with E-state index in [1.54, 1.807) is 18.2 Å². The molecule has 0 unspecified atom stereocenters. The van der Waals surface area contributed by atoms with Crippen LogP contribution in [-0.2, 0) is 0 Å². The number of aromatic nitrogens is 1. The Hall–Kier alpha value is -2.39. The van der Waals surface area contributed by atoms with Gasteiger partial charge >= 0.3 is 5.97 Å². The molecule has 1 heterocycles. The van der Waals surface area contributed by atoms with Gasteiger partial charge in [-0.05, 0) is 24.3 Å². The third kappa shape index (κ3) is 2.24. The van der Waals surface area contributed by atoms with Gasteiger partial charge in [-0.1, -0.05) is 41.9 Å². The van der Waals surface area contributed by atoms with E-state index >= 15 is 0 Å². The zero-order valence-corrected chi connectivity index (χ0v) is 11.1. The third-order valence-electron chi connectivity index (χ3n) is 3.09. The molecule has 1 N–H and O–H groups in total. The number of rotatable bonds is 2. The Balaban J connectivity index is 2.15. The van der Waals surface area contributed by atoms with Gasteiger partial charge in [-0.3, -0.25) is 0 Å². The van der Waals surface area contributed by atoms with Gasteiger partial charge in [-0.2, -0.15) is 0 Å². The zero-order valence-electron chi connectivity index (χ0n) is 10.4. The molecule has 0 saturated heterocycles. The van der Waals surface area contributed by atoms with Crippen LogP contribution in [0.15, 0.2) is 54.6 Å². The molecule has 3 rings (SSSR count). The van der Waals surface area contributed by atoms with E-state index in [-0.39, 0.29) is 10.6 Å². The lowest BCUT2D eigenvalue weighted by atomic mass is 10.1. The first-order valence-corrected chi connectivity index (χ1v) is 6.42. The Morgan fingerprint density at radius 1 is 1.05 bits per heavy atom. The molecule has 0 radical (unpaired) electrons. The fraction of sp³-hybridized carbons (Fsp3) is 0. The summed E-state index contributed by atoms with van der Waals surface area (Å²) in [6.45, 7) is 0. The second kappa shape index (κ2) is 4.94. The van der Waals surface area contributed by atoms with E-state index in [1.807, 2.05) is 36.4 Å². The summed E-state index contributed by atoms with van der Waals surface area (Å²) in [5, 5.41) is 10.4. The smallest absolute Gasteiger partial charge is 0.337 e. The lowest BCUT2D eigenvalue weighted by molar-refractivity contribution is 0.0697. The van der Waals surface area contributed by atoms with E-state index < -0.39 is 5.97 Å². The molecular weight excluding hydrogens is 274 g/mol. The van der Waals surface area contributed by atoms with E-state index in [9.17, 15) is 4.79 Å². The number of hydrogen-bond acceptors (Lipinski definition) is 2. The molecule has 0 aliphatic heterocycles. The van der Waals surface area contributed by atoms with Gasteiger partial charge in [0.25, 0.3) is 0 Å². The van der Waals surface area contributed by atoms with Crippen molar-refractivity contribution in [3.8, 4) is 11.3 Å². The fourth-order valence-corrected chi connectivity index (χ4v) is 2.27. The molecular formula is C16H10ClNO2. The van der Waals surface area contributed by atoms with E-state index in [0.29, 0.717) is 0 Å². The van der Waals surface area contributed by atoms with Gasteiger partial charge in [0, 0.05) is 10.9 Å². The minimum atomic E-state index is -1.04. The number of fused-ring (bicyclic) bond motifs is 1. The average molecular weight is 284 g/mol. The van der Waals surface area contributed by atoms with Crippen molar-refractivity contribution in [2.45, 2.75) is 0 Å². The van der Waals surface area contributed by atoms with Crippen molar-refractivity contribution in [2.24, 2.45) is 0 Å². The van der Waals surface area contributed by atoms with Crippen LogP contribution in [0.4, 0.5) is 0 Å². The van der Waals surface area contributed by atoms with Crippen LogP contribution in [0, 0.1) is 0 Å². The van der Waals surface area contributed by atoms with Gasteiger partial charge in [0.15, 0.2) is 0 Å². The predicted molar refractivity (Wildman–Crippen MR) is 79.1 cm³/mol. The summed E-state index contributed by atoms with van der Waals surface area (Å²) < 4.78 is 0. The summed E-state index contributed by atoms with van der Waals surface area (Å²) >= 11 is 5.87. The zero-order chi connectivity index (χ0) is 14.1. The monoisotopic (exact) mass is 283 g/mol. The first-order chi connectivity index (χ1) is 9.65. The molecule has 0 amide bonds. The van der Waals surface area contributed by atoms with Crippen LogP contribution in [0.2, 0.25) is 5.02 Å². The quantitative estimate of drug-likeness (QED) is 0.765. The van der Waals surface area contributed by atoms with Crippen molar-refractivity contribution in [1.29, 1.82) is 0 Å². The number of carboxylic acid groups (broad SMARTS) is 1.